The zero-order valence-electron chi connectivity index (χ0n) is 11.3. The van der Waals surface area contributed by atoms with Gasteiger partial charge >= 0.3 is 15.2 Å². The molecule has 0 saturated carbocycles. The minimum atomic E-state index is -4.04. The van der Waals surface area contributed by atoms with Crippen molar-refractivity contribution in [3.63, 3.8) is 0 Å². The van der Waals surface area contributed by atoms with E-state index in [2.05, 4.69) is 36.3 Å². The lowest BCUT2D eigenvalue weighted by molar-refractivity contribution is -0.139. The molecule has 8 nitrogen and oxygen atoms in total. The Hall–Kier alpha value is -0.820. The molecule has 0 aromatic heterocycles. The highest BCUT2D eigenvalue weighted by Crippen LogP contribution is 2.42. The fraction of sp³-hybridized carbons (Fsp3) is 0.556. The summed E-state index contributed by atoms with van der Waals surface area (Å²) in [6, 6.07) is 0. The van der Waals surface area contributed by atoms with Gasteiger partial charge in [0, 0.05) is 10.9 Å². The summed E-state index contributed by atoms with van der Waals surface area (Å²) in [5, 5.41) is 5.82. The molecule has 0 bridgehead atoms. The summed E-state index contributed by atoms with van der Waals surface area (Å²) < 4.78 is 24.8. The topological polar surface area (TPSA) is 123 Å². The third kappa shape index (κ3) is 15.1. The summed E-state index contributed by atoms with van der Waals surface area (Å²) >= 11 is 3.03. The Balaban J connectivity index is -0.000000657. The van der Waals surface area contributed by atoms with Crippen molar-refractivity contribution in [2.24, 2.45) is 0 Å². The first-order valence-electron chi connectivity index (χ1n) is 4.85. The molecule has 1 unspecified atom stereocenters. The van der Waals surface area contributed by atoms with E-state index < -0.39 is 13.8 Å². The molecule has 0 rings (SSSR count). The summed E-state index contributed by atoms with van der Waals surface area (Å²) in [5.74, 6) is -0.572. The van der Waals surface area contributed by atoms with Gasteiger partial charge < -0.3 is 9.63 Å². The number of rotatable bonds is 8. The van der Waals surface area contributed by atoms with Gasteiger partial charge in [-0.05, 0) is 6.92 Å². The van der Waals surface area contributed by atoms with E-state index >= 15 is 0 Å². The quantitative estimate of drug-likeness (QED) is 0.128. The molecule has 1 atom stereocenters. The lowest BCUT2D eigenvalue weighted by Crippen LogP contribution is -2.10. The molecular weight excluding hydrogens is 345 g/mol. The van der Waals surface area contributed by atoms with Crippen LogP contribution in [0.15, 0.2) is 12.2 Å². The number of carbonyl (C=O) groups is 1. The standard InChI is InChI=1S/C8H14BrO6P.CHNO/c1-7(2)8(10)13-5-6-15-16(11,12)14-4-3-9;2-1-3/h1,3-6H2,2H3,(H,11,12);2H/p+1. The van der Waals surface area contributed by atoms with Crippen molar-refractivity contribution in [3.05, 3.63) is 12.2 Å². The highest BCUT2D eigenvalue weighted by molar-refractivity contribution is 9.09. The van der Waals surface area contributed by atoms with Crippen molar-refractivity contribution in [2.45, 2.75) is 6.92 Å². The first-order valence-corrected chi connectivity index (χ1v) is 7.46. The highest BCUT2D eigenvalue weighted by atomic mass is 79.9. The minimum Gasteiger partial charge on any atom is -0.460 e. The number of nitrogens with one attached hydrogen (secondary N) is 1. The minimum absolute atomic E-state index is 0. The number of phosphoric acid groups is 1. The third-order valence-corrected chi connectivity index (χ3v) is 2.59. The fourth-order valence-electron chi connectivity index (χ4n) is 0.597. The third-order valence-electron chi connectivity index (χ3n) is 1.25. The van der Waals surface area contributed by atoms with Gasteiger partial charge in [-0.3, -0.25) is 9.05 Å². The maximum absolute atomic E-state index is 11.1. The van der Waals surface area contributed by atoms with Crippen molar-refractivity contribution in [1.29, 1.82) is 5.41 Å². The van der Waals surface area contributed by atoms with Crippen LogP contribution in [0.4, 0.5) is 0 Å². The first-order chi connectivity index (χ1) is 8.80. The van der Waals surface area contributed by atoms with E-state index in [0.717, 1.165) is 6.08 Å². The monoisotopic (exact) mass is 360 g/mol. The lowest BCUT2D eigenvalue weighted by Gasteiger charge is -2.11. The molecule has 0 amide bonds. The Labute approximate surface area is 120 Å². The largest absolute Gasteiger partial charge is 1.00 e. The van der Waals surface area contributed by atoms with Crippen LogP contribution in [0.25, 0.3) is 0 Å². The number of esters is 1. The first kappa shape index (κ1) is 20.5. The van der Waals surface area contributed by atoms with Crippen LogP contribution < -0.4 is 0 Å². The van der Waals surface area contributed by atoms with Gasteiger partial charge in [0.25, 0.3) is 0 Å². The molecule has 0 aromatic rings. The smallest absolute Gasteiger partial charge is 0.460 e. The number of hydrogen-bond acceptors (Lipinski definition) is 7. The normalized spacial score (nSPS) is 12.4. The Morgan fingerprint density at radius 1 is 1.47 bits per heavy atom. The molecule has 0 aliphatic carbocycles. The number of halogens is 1. The fourth-order valence-corrected chi connectivity index (χ4v) is 1.71. The summed E-state index contributed by atoms with van der Waals surface area (Å²) in [7, 11) is -4.04. The van der Waals surface area contributed by atoms with Gasteiger partial charge in [-0.2, -0.15) is 0 Å². The molecule has 19 heavy (non-hydrogen) atoms. The van der Waals surface area contributed by atoms with Crippen LogP contribution in [0.1, 0.15) is 8.35 Å². The van der Waals surface area contributed by atoms with Gasteiger partial charge in [0.2, 0.25) is 6.08 Å². The number of ether oxygens (including phenoxy) is 1. The predicted molar refractivity (Wildman–Crippen MR) is 70.8 cm³/mol. The number of phosphoric ester groups is 1. The van der Waals surface area contributed by atoms with E-state index in [4.69, 9.17) is 15.1 Å². The van der Waals surface area contributed by atoms with Gasteiger partial charge in [0.15, 0.2) is 0 Å². The van der Waals surface area contributed by atoms with E-state index in [9.17, 15) is 9.36 Å². The molecule has 0 spiro atoms. The van der Waals surface area contributed by atoms with E-state index in [0.29, 0.717) is 5.33 Å². The van der Waals surface area contributed by atoms with Crippen molar-refractivity contribution in [2.75, 3.05) is 25.2 Å². The summed E-state index contributed by atoms with van der Waals surface area (Å²) in [6.07, 6.45) is 0.750. The maximum Gasteiger partial charge on any atom is 1.00 e. The molecule has 0 saturated heterocycles. The van der Waals surface area contributed by atoms with Gasteiger partial charge in [0.05, 0.1) is 13.2 Å². The van der Waals surface area contributed by atoms with E-state index in [1.807, 2.05) is 0 Å². The van der Waals surface area contributed by atoms with E-state index in [-0.39, 0.29) is 26.8 Å². The number of isocyanates is 1. The summed E-state index contributed by atoms with van der Waals surface area (Å²) in [6.45, 7) is 4.58. The van der Waals surface area contributed by atoms with Crippen molar-refractivity contribution in [3.8, 4) is 0 Å². The van der Waals surface area contributed by atoms with E-state index in [1.54, 1.807) is 0 Å². The Morgan fingerprint density at radius 3 is 2.37 bits per heavy atom. The predicted octanol–water partition coefficient (Wildman–Crippen LogP) is 1.65. The second-order valence-electron chi connectivity index (χ2n) is 2.84. The average Bonchev–Trinajstić information content (AvgIpc) is 2.33. The Morgan fingerprint density at radius 2 is 1.95 bits per heavy atom. The Bertz CT molecular complexity index is 373. The molecule has 110 valence electrons. The van der Waals surface area contributed by atoms with Crippen LogP contribution in [-0.4, -0.2) is 42.1 Å². The number of hydrogen-bond donors (Lipinski definition) is 2. The number of carbonyl (C=O) groups excluding carboxylic acids is 2. The molecule has 0 aromatic carbocycles. The maximum atomic E-state index is 11.1. The number of alkyl halides is 1. The highest BCUT2D eigenvalue weighted by Gasteiger charge is 2.20. The van der Waals surface area contributed by atoms with Gasteiger partial charge in [-0.1, -0.05) is 22.5 Å². The van der Waals surface area contributed by atoms with Crippen LogP contribution in [-0.2, 0) is 27.9 Å². The molecule has 10 heteroatoms. The van der Waals surface area contributed by atoms with Gasteiger partial charge in [-0.15, -0.1) is 0 Å². The summed E-state index contributed by atoms with van der Waals surface area (Å²) in [4.78, 5) is 28.3. The van der Waals surface area contributed by atoms with Crippen molar-refractivity contribution < 1.29 is 34.3 Å². The molecule has 0 radical (unpaired) electrons. The lowest BCUT2D eigenvalue weighted by atomic mass is 10.4. The SMILES string of the molecule is C=C(C)C(=O)OCCOP(=O)(O)OCCBr.N=C=O.[H+]. The second-order valence-corrected chi connectivity index (χ2v) is 5.09. The van der Waals surface area contributed by atoms with Crippen LogP contribution in [0.5, 0.6) is 0 Å². The molecule has 0 aliphatic heterocycles. The average molecular weight is 361 g/mol. The van der Waals surface area contributed by atoms with E-state index in [1.165, 1.54) is 6.92 Å². The van der Waals surface area contributed by atoms with Crippen LogP contribution in [0.3, 0.4) is 0 Å². The van der Waals surface area contributed by atoms with Gasteiger partial charge in [-0.25, -0.2) is 19.6 Å². The molecule has 0 aliphatic rings. The molecule has 0 fully saturated rings. The van der Waals surface area contributed by atoms with Crippen molar-refractivity contribution >= 4 is 35.8 Å². The zero-order chi connectivity index (χ0) is 15.3. The van der Waals surface area contributed by atoms with Crippen LogP contribution in [0, 0.1) is 5.41 Å². The Kier molecular flexibility index (Phi) is 13.2. The molecular formula is C9H16BrNO7P+. The molecule has 2 N–H and O–H groups in total. The van der Waals surface area contributed by atoms with Gasteiger partial charge in [0.1, 0.15) is 6.61 Å². The second kappa shape index (κ2) is 12.2. The summed E-state index contributed by atoms with van der Waals surface area (Å²) in [5.41, 5.74) is 0.253. The van der Waals surface area contributed by atoms with Crippen LogP contribution >= 0.6 is 23.8 Å². The molecule has 0 heterocycles. The zero-order valence-corrected chi connectivity index (χ0v) is 12.7. The van der Waals surface area contributed by atoms with Crippen molar-refractivity contribution in [1.82, 2.24) is 0 Å². The van der Waals surface area contributed by atoms with Crippen LogP contribution in [0.2, 0.25) is 0 Å².